The molecular formula is C15H31N. The molecule has 16 heavy (non-hydrogen) atoms. The molecule has 0 spiro atoms. The fourth-order valence-corrected chi connectivity index (χ4v) is 3.32. The van der Waals surface area contributed by atoms with Gasteiger partial charge in [-0.15, -0.1) is 0 Å². The van der Waals surface area contributed by atoms with Crippen LogP contribution in [0.1, 0.15) is 78.6 Å². The first-order valence-corrected chi connectivity index (χ1v) is 7.54. The van der Waals surface area contributed by atoms with E-state index in [1.165, 1.54) is 70.9 Å². The highest BCUT2D eigenvalue weighted by Gasteiger charge is 2.38. The highest BCUT2D eigenvalue weighted by Crippen LogP contribution is 2.38. The number of likely N-dealkylation sites (tertiary alicyclic amines) is 1. The second-order valence-corrected chi connectivity index (χ2v) is 5.52. The molecule has 1 heteroatoms. The van der Waals surface area contributed by atoms with E-state index in [0.717, 1.165) is 0 Å². The summed E-state index contributed by atoms with van der Waals surface area (Å²) in [5, 5.41) is 0. The molecule has 0 radical (unpaired) electrons. The van der Waals surface area contributed by atoms with Crippen molar-refractivity contribution < 1.29 is 0 Å². The zero-order chi connectivity index (χ0) is 11.9. The summed E-state index contributed by atoms with van der Waals surface area (Å²) in [4.78, 5) is 2.82. The van der Waals surface area contributed by atoms with Gasteiger partial charge in [0, 0.05) is 5.54 Å². The Bertz CT molecular complexity index is 168. The first kappa shape index (κ1) is 14.0. The normalized spacial score (nSPS) is 20.4. The maximum Gasteiger partial charge on any atom is 0.0210 e. The summed E-state index contributed by atoms with van der Waals surface area (Å²) in [6.07, 6.45) is 12.7. The van der Waals surface area contributed by atoms with Crippen LogP contribution in [0.5, 0.6) is 0 Å². The zero-order valence-corrected chi connectivity index (χ0v) is 11.7. The molecule has 0 bridgehead atoms. The molecule has 1 saturated heterocycles. The Morgan fingerprint density at radius 3 is 2.06 bits per heavy atom. The third-order valence-corrected chi connectivity index (χ3v) is 4.23. The van der Waals surface area contributed by atoms with Crippen LogP contribution in [-0.2, 0) is 0 Å². The first-order chi connectivity index (χ1) is 7.79. The Kier molecular flexibility index (Phi) is 6.41. The van der Waals surface area contributed by atoms with Crippen LogP contribution in [0.15, 0.2) is 0 Å². The van der Waals surface area contributed by atoms with Crippen LogP contribution >= 0.6 is 0 Å². The van der Waals surface area contributed by atoms with Gasteiger partial charge in [0.1, 0.15) is 0 Å². The number of hydrogen-bond donors (Lipinski definition) is 0. The van der Waals surface area contributed by atoms with Crippen LogP contribution in [0.25, 0.3) is 0 Å². The van der Waals surface area contributed by atoms with Gasteiger partial charge >= 0.3 is 0 Å². The predicted octanol–water partition coefficient (Wildman–Crippen LogP) is 4.61. The summed E-state index contributed by atoms with van der Waals surface area (Å²) in [7, 11) is 0. The van der Waals surface area contributed by atoms with Gasteiger partial charge in [-0.2, -0.15) is 0 Å². The van der Waals surface area contributed by atoms with Crippen molar-refractivity contribution in [2.75, 3.05) is 13.1 Å². The van der Waals surface area contributed by atoms with E-state index in [0.29, 0.717) is 5.54 Å². The van der Waals surface area contributed by atoms with Crippen molar-refractivity contribution in [1.29, 1.82) is 0 Å². The van der Waals surface area contributed by atoms with E-state index in [-0.39, 0.29) is 0 Å². The monoisotopic (exact) mass is 225 g/mol. The Balaban J connectivity index is 2.59. The van der Waals surface area contributed by atoms with Gasteiger partial charge in [0.25, 0.3) is 0 Å². The highest BCUT2D eigenvalue weighted by molar-refractivity contribution is 4.95. The minimum absolute atomic E-state index is 0.599. The van der Waals surface area contributed by atoms with E-state index in [1.807, 2.05) is 0 Å². The number of nitrogens with zero attached hydrogens (tertiary/aromatic N) is 1. The van der Waals surface area contributed by atoms with Crippen LogP contribution < -0.4 is 0 Å². The highest BCUT2D eigenvalue weighted by atomic mass is 15.2. The zero-order valence-electron chi connectivity index (χ0n) is 11.7. The van der Waals surface area contributed by atoms with Gasteiger partial charge in [-0.05, 0) is 45.2 Å². The van der Waals surface area contributed by atoms with Gasteiger partial charge in [0.2, 0.25) is 0 Å². The molecule has 0 atom stereocenters. The summed E-state index contributed by atoms with van der Waals surface area (Å²) >= 11 is 0. The maximum absolute atomic E-state index is 2.82. The SMILES string of the molecule is CCCCC1(CCCC)CCCN1CCC. The molecule has 1 rings (SSSR count). The topological polar surface area (TPSA) is 3.24 Å². The van der Waals surface area contributed by atoms with Crippen molar-refractivity contribution in [1.82, 2.24) is 4.90 Å². The minimum atomic E-state index is 0.599. The van der Waals surface area contributed by atoms with Gasteiger partial charge in [-0.1, -0.05) is 46.5 Å². The van der Waals surface area contributed by atoms with Crippen molar-refractivity contribution >= 4 is 0 Å². The second-order valence-electron chi connectivity index (χ2n) is 5.52. The number of unbranched alkanes of at least 4 members (excludes halogenated alkanes) is 2. The fraction of sp³-hybridized carbons (Fsp3) is 1.00. The summed E-state index contributed by atoms with van der Waals surface area (Å²) in [5.74, 6) is 0. The Morgan fingerprint density at radius 1 is 0.938 bits per heavy atom. The van der Waals surface area contributed by atoms with Gasteiger partial charge in [0.15, 0.2) is 0 Å². The maximum atomic E-state index is 2.82. The van der Waals surface area contributed by atoms with Crippen LogP contribution in [0, 0.1) is 0 Å². The third-order valence-electron chi connectivity index (χ3n) is 4.23. The lowest BCUT2D eigenvalue weighted by molar-refractivity contribution is 0.110. The second kappa shape index (κ2) is 7.32. The largest absolute Gasteiger partial charge is 0.298 e. The lowest BCUT2D eigenvalue weighted by atomic mass is 9.84. The lowest BCUT2D eigenvalue weighted by Gasteiger charge is -2.39. The van der Waals surface area contributed by atoms with E-state index in [2.05, 4.69) is 25.7 Å². The Morgan fingerprint density at radius 2 is 1.56 bits per heavy atom. The Hall–Kier alpha value is -0.0400. The van der Waals surface area contributed by atoms with E-state index in [9.17, 15) is 0 Å². The van der Waals surface area contributed by atoms with Crippen molar-refractivity contribution in [2.24, 2.45) is 0 Å². The van der Waals surface area contributed by atoms with Crippen LogP contribution in [-0.4, -0.2) is 23.5 Å². The van der Waals surface area contributed by atoms with Crippen LogP contribution in [0.3, 0.4) is 0 Å². The average Bonchev–Trinajstić information content (AvgIpc) is 2.68. The van der Waals surface area contributed by atoms with E-state index in [1.54, 1.807) is 0 Å². The molecular weight excluding hydrogens is 194 g/mol. The number of hydrogen-bond acceptors (Lipinski definition) is 1. The predicted molar refractivity (Wildman–Crippen MR) is 72.9 cm³/mol. The molecule has 0 N–H and O–H groups in total. The van der Waals surface area contributed by atoms with Crippen molar-refractivity contribution in [3.8, 4) is 0 Å². The standard InChI is InChI=1S/C15H31N/c1-4-7-10-15(11-8-5-2)12-9-14-16(15)13-6-3/h4-14H2,1-3H3. The van der Waals surface area contributed by atoms with Crippen molar-refractivity contribution in [2.45, 2.75) is 84.1 Å². The van der Waals surface area contributed by atoms with Gasteiger partial charge < -0.3 is 0 Å². The fourth-order valence-electron chi connectivity index (χ4n) is 3.32. The van der Waals surface area contributed by atoms with Crippen LogP contribution in [0.2, 0.25) is 0 Å². The first-order valence-electron chi connectivity index (χ1n) is 7.54. The van der Waals surface area contributed by atoms with Crippen molar-refractivity contribution in [3.05, 3.63) is 0 Å². The molecule has 96 valence electrons. The molecule has 1 aliphatic heterocycles. The quantitative estimate of drug-likeness (QED) is 0.583. The molecule has 0 aliphatic carbocycles. The van der Waals surface area contributed by atoms with E-state index < -0.39 is 0 Å². The smallest absolute Gasteiger partial charge is 0.0210 e. The minimum Gasteiger partial charge on any atom is -0.298 e. The summed E-state index contributed by atoms with van der Waals surface area (Å²) in [5.41, 5.74) is 0.599. The number of rotatable bonds is 8. The van der Waals surface area contributed by atoms with Crippen molar-refractivity contribution in [3.63, 3.8) is 0 Å². The van der Waals surface area contributed by atoms with Gasteiger partial charge in [0.05, 0.1) is 0 Å². The van der Waals surface area contributed by atoms with Gasteiger partial charge in [-0.25, -0.2) is 0 Å². The molecule has 0 aromatic rings. The summed E-state index contributed by atoms with van der Waals surface area (Å²) in [6, 6.07) is 0. The summed E-state index contributed by atoms with van der Waals surface area (Å²) < 4.78 is 0. The Labute approximate surface area is 103 Å². The molecule has 1 heterocycles. The molecule has 1 nitrogen and oxygen atoms in total. The molecule has 1 aliphatic rings. The molecule has 0 saturated carbocycles. The lowest BCUT2D eigenvalue weighted by Crippen LogP contribution is -2.44. The van der Waals surface area contributed by atoms with E-state index >= 15 is 0 Å². The molecule has 1 fully saturated rings. The molecule has 0 aromatic heterocycles. The molecule has 0 unspecified atom stereocenters. The molecule has 0 aromatic carbocycles. The molecule has 0 amide bonds. The van der Waals surface area contributed by atoms with E-state index in [4.69, 9.17) is 0 Å². The average molecular weight is 225 g/mol. The van der Waals surface area contributed by atoms with Crippen LogP contribution in [0.4, 0.5) is 0 Å². The van der Waals surface area contributed by atoms with Gasteiger partial charge in [-0.3, -0.25) is 4.90 Å². The summed E-state index contributed by atoms with van der Waals surface area (Å²) in [6.45, 7) is 9.66. The third kappa shape index (κ3) is 3.48.